The van der Waals surface area contributed by atoms with Crippen molar-refractivity contribution in [3.05, 3.63) is 23.8 Å². The number of hydrogen-bond donors (Lipinski definition) is 0. The quantitative estimate of drug-likeness (QED) is 0.387. The van der Waals surface area contributed by atoms with Gasteiger partial charge in [-0.05, 0) is 81.7 Å². The topological polar surface area (TPSA) is 6.48 Å². The van der Waals surface area contributed by atoms with Gasteiger partial charge in [0.1, 0.15) is 0 Å². The molecule has 174 valence electrons. The van der Waals surface area contributed by atoms with E-state index in [-0.39, 0.29) is 0 Å². The molecule has 5 atom stereocenters. The lowest BCUT2D eigenvalue weighted by Gasteiger charge is -2.62. The van der Waals surface area contributed by atoms with E-state index in [0.717, 1.165) is 17.9 Å². The van der Waals surface area contributed by atoms with E-state index in [1.165, 1.54) is 135 Å². The van der Waals surface area contributed by atoms with E-state index in [1.54, 1.807) is 0 Å². The summed E-state index contributed by atoms with van der Waals surface area (Å²) in [7, 11) is 0. The van der Waals surface area contributed by atoms with Gasteiger partial charge in [0.2, 0.25) is 0 Å². The molecule has 0 amide bonds. The highest BCUT2D eigenvalue weighted by Crippen LogP contribution is 2.55. The van der Waals surface area contributed by atoms with Crippen LogP contribution in [-0.4, -0.2) is 48.6 Å². The average Bonchev–Trinajstić information content (AvgIpc) is 2.82. The Balaban J connectivity index is 1.40. The molecule has 2 heteroatoms. The number of fused-ring (bicyclic) bond motifs is 1. The van der Waals surface area contributed by atoms with Gasteiger partial charge in [-0.25, -0.2) is 0 Å². The van der Waals surface area contributed by atoms with Crippen molar-refractivity contribution in [3.8, 4) is 0 Å². The number of hydrogen-bond acceptors (Lipinski definition) is 2. The van der Waals surface area contributed by atoms with Crippen molar-refractivity contribution in [3.63, 3.8) is 0 Å². The Hall–Kier alpha value is -0.600. The zero-order chi connectivity index (χ0) is 20.9. The van der Waals surface area contributed by atoms with E-state index in [2.05, 4.69) is 28.0 Å². The molecule has 5 aliphatic rings. The number of allylic oxidation sites excluding steroid dienone is 3. The van der Waals surface area contributed by atoms with E-state index in [1.807, 2.05) is 5.57 Å². The smallest absolute Gasteiger partial charge is 0.0310 e. The van der Waals surface area contributed by atoms with E-state index in [9.17, 15) is 0 Å². The first kappa shape index (κ1) is 22.2. The van der Waals surface area contributed by atoms with Crippen LogP contribution < -0.4 is 0 Å². The van der Waals surface area contributed by atoms with Crippen molar-refractivity contribution in [1.82, 2.24) is 9.80 Å². The normalized spacial score (nSPS) is 43.5. The second kappa shape index (κ2) is 10.6. The molecule has 4 aliphatic heterocycles. The molecule has 4 heterocycles. The zero-order valence-electron chi connectivity index (χ0n) is 20.2. The SMILES string of the molecule is C1=C\CCCCN2C[C@]34CCCCCCCCCCCN(C[C@H]5C/C(=C/C/1)[C@H]2C[C@H]53)C4. The van der Waals surface area contributed by atoms with Crippen LogP contribution in [0, 0.1) is 17.3 Å². The highest BCUT2D eigenvalue weighted by molar-refractivity contribution is 5.23. The molecule has 4 fully saturated rings. The summed E-state index contributed by atoms with van der Waals surface area (Å²) in [4.78, 5) is 5.95. The van der Waals surface area contributed by atoms with Gasteiger partial charge in [-0.3, -0.25) is 4.90 Å². The molecule has 31 heavy (non-hydrogen) atoms. The minimum Gasteiger partial charge on any atom is -0.302 e. The standard InChI is InChI=1S/C29H48N2/c1-2-5-9-13-17-29-23-30(18-14-10-6-3-1)22-26-20-25-16-12-8-4-7-11-15-19-31(24-29)28(25)21-27(26)29/h4,8,16,26-28H,1-3,5-7,9-15,17-24H2/b8-4-,25-16-/t26-,27-,28-,29-/m1/s1. The molecular formula is C29H48N2. The first-order chi connectivity index (χ1) is 15.3. The molecule has 0 radical (unpaired) electrons. The number of piperidine rings is 2. The fourth-order valence-corrected chi connectivity index (χ4v) is 8.16. The van der Waals surface area contributed by atoms with Crippen LogP contribution in [0.5, 0.6) is 0 Å². The molecule has 0 aromatic rings. The van der Waals surface area contributed by atoms with Crippen molar-refractivity contribution >= 4 is 0 Å². The summed E-state index contributed by atoms with van der Waals surface area (Å²) in [5.74, 6) is 1.93. The van der Waals surface area contributed by atoms with Crippen LogP contribution in [0.25, 0.3) is 0 Å². The van der Waals surface area contributed by atoms with Crippen LogP contribution in [0.1, 0.15) is 103 Å². The summed E-state index contributed by atoms with van der Waals surface area (Å²) < 4.78 is 0. The van der Waals surface area contributed by atoms with Crippen molar-refractivity contribution in [2.24, 2.45) is 17.3 Å². The Bertz CT molecular complexity index is 637. The zero-order valence-corrected chi connectivity index (χ0v) is 20.2. The van der Waals surface area contributed by atoms with Gasteiger partial charge in [-0.1, -0.05) is 75.2 Å². The summed E-state index contributed by atoms with van der Waals surface area (Å²) in [5.41, 5.74) is 2.41. The maximum atomic E-state index is 3.00. The summed E-state index contributed by atoms with van der Waals surface area (Å²) >= 11 is 0. The van der Waals surface area contributed by atoms with Gasteiger partial charge in [0, 0.05) is 25.7 Å². The first-order valence-corrected chi connectivity index (χ1v) is 14.1. The Morgan fingerprint density at radius 3 is 2.42 bits per heavy atom. The molecule has 1 spiro atoms. The fraction of sp³-hybridized carbons (Fsp3) is 0.862. The van der Waals surface area contributed by atoms with Crippen molar-refractivity contribution in [1.29, 1.82) is 0 Å². The molecule has 1 aliphatic carbocycles. The van der Waals surface area contributed by atoms with Gasteiger partial charge in [-0.2, -0.15) is 0 Å². The molecule has 0 aromatic heterocycles. The summed E-state index contributed by atoms with van der Waals surface area (Å²) in [6.45, 7) is 6.93. The Morgan fingerprint density at radius 1 is 0.774 bits per heavy atom. The van der Waals surface area contributed by atoms with Crippen LogP contribution in [-0.2, 0) is 0 Å². The van der Waals surface area contributed by atoms with Gasteiger partial charge >= 0.3 is 0 Å². The predicted octanol–water partition coefficient (Wildman–Crippen LogP) is 6.97. The lowest BCUT2D eigenvalue weighted by atomic mass is 9.54. The fourth-order valence-electron chi connectivity index (χ4n) is 8.16. The Labute approximate surface area is 192 Å². The van der Waals surface area contributed by atoms with Crippen LogP contribution in [0.3, 0.4) is 0 Å². The van der Waals surface area contributed by atoms with Gasteiger partial charge < -0.3 is 4.90 Å². The third-order valence-electron chi connectivity index (χ3n) is 9.65. The van der Waals surface area contributed by atoms with Crippen molar-refractivity contribution < 1.29 is 0 Å². The van der Waals surface area contributed by atoms with Crippen LogP contribution >= 0.6 is 0 Å². The summed E-state index contributed by atoms with van der Waals surface area (Å²) in [6.07, 6.45) is 30.4. The highest BCUT2D eigenvalue weighted by Gasteiger charge is 2.55. The molecule has 0 N–H and O–H groups in total. The van der Waals surface area contributed by atoms with Crippen LogP contribution in [0.2, 0.25) is 0 Å². The molecule has 0 aromatic carbocycles. The second-order valence-corrected chi connectivity index (χ2v) is 11.8. The van der Waals surface area contributed by atoms with E-state index < -0.39 is 0 Å². The monoisotopic (exact) mass is 424 g/mol. The molecule has 1 unspecified atom stereocenters. The number of nitrogens with zero attached hydrogens (tertiary/aromatic N) is 2. The van der Waals surface area contributed by atoms with Crippen LogP contribution in [0.15, 0.2) is 23.8 Å². The van der Waals surface area contributed by atoms with Gasteiger partial charge in [-0.15, -0.1) is 0 Å². The van der Waals surface area contributed by atoms with E-state index in [4.69, 9.17) is 0 Å². The van der Waals surface area contributed by atoms with Gasteiger partial charge in [0.15, 0.2) is 0 Å². The minimum absolute atomic E-state index is 0.591. The maximum absolute atomic E-state index is 3.00. The van der Waals surface area contributed by atoms with Crippen molar-refractivity contribution in [2.45, 2.75) is 109 Å². The first-order valence-electron chi connectivity index (χ1n) is 14.1. The summed E-state index contributed by atoms with van der Waals surface area (Å²) in [5, 5.41) is 0. The van der Waals surface area contributed by atoms with Gasteiger partial charge in [0.05, 0.1) is 0 Å². The molecule has 5 rings (SSSR count). The third-order valence-corrected chi connectivity index (χ3v) is 9.65. The average molecular weight is 425 g/mol. The highest BCUT2D eigenvalue weighted by atomic mass is 15.2. The summed E-state index contributed by atoms with van der Waals surface area (Å²) in [6, 6.07) is 0.776. The van der Waals surface area contributed by atoms with Crippen molar-refractivity contribution in [2.75, 3.05) is 32.7 Å². The Morgan fingerprint density at radius 2 is 1.55 bits per heavy atom. The lowest BCUT2D eigenvalue weighted by molar-refractivity contribution is -0.109. The molecule has 2 nitrogen and oxygen atoms in total. The minimum atomic E-state index is 0.591. The third kappa shape index (κ3) is 5.16. The Kier molecular flexibility index (Phi) is 7.56. The predicted molar refractivity (Wildman–Crippen MR) is 132 cm³/mol. The van der Waals surface area contributed by atoms with Gasteiger partial charge in [0.25, 0.3) is 0 Å². The molecular weight excluding hydrogens is 376 g/mol. The van der Waals surface area contributed by atoms with Crippen LogP contribution in [0.4, 0.5) is 0 Å². The lowest BCUT2D eigenvalue weighted by Crippen LogP contribution is -2.66. The molecule has 1 saturated carbocycles. The molecule has 3 saturated heterocycles. The number of rotatable bonds is 0. The van der Waals surface area contributed by atoms with E-state index >= 15 is 0 Å². The largest absolute Gasteiger partial charge is 0.302 e. The van der Waals surface area contributed by atoms with E-state index in [0.29, 0.717) is 5.41 Å². The molecule has 4 bridgehead atoms. The maximum Gasteiger partial charge on any atom is 0.0310 e. The second-order valence-electron chi connectivity index (χ2n) is 11.8.